The predicted molar refractivity (Wildman–Crippen MR) is 69.9 cm³/mol. The van der Waals surface area contributed by atoms with Gasteiger partial charge in [0.05, 0.1) is 0 Å². The molecule has 0 heterocycles. The highest BCUT2D eigenvalue weighted by molar-refractivity contribution is 8.00. The maximum atomic E-state index is 5.85. The first kappa shape index (κ1) is 12.9. The Bertz CT molecular complexity index is 284. The first-order valence-electron chi connectivity index (χ1n) is 5.20. The third kappa shape index (κ3) is 4.45. The summed E-state index contributed by atoms with van der Waals surface area (Å²) in [5.74, 6) is 0.665. The van der Waals surface area contributed by atoms with E-state index in [0.717, 1.165) is 11.6 Å². The van der Waals surface area contributed by atoms with Gasteiger partial charge in [0, 0.05) is 21.7 Å². The van der Waals surface area contributed by atoms with E-state index in [1.54, 1.807) is 0 Å². The van der Waals surface area contributed by atoms with Gasteiger partial charge in [0.25, 0.3) is 0 Å². The second kappa shape index (κ2) is 6.41. The maximum absolute atomic E-state index is 5.85. The van der Waals surface area contributed by atoms with Crippen LogP contribution in [0.4, 0.5) is 0 Å². The maximum Gasteiger partial charge on any atom is 0.0406 e. The molecule has 0 aliphatic carbocycles. The van der Waals surface area contributed by atoms with Gasteiger partial charge in [-0.15, -0.1) is 11.8 Å². The molecule has 0 bridgehead atoms. The SMILES string of the molecule is CNCC(Sc1ccc(Cl)cc1)C(C)C. The van der Waals surface area contributed by atoms with Crippen LogP contribution in [-0.4, -0.2) is 18.8 Å². The van der Waals surface area contributed by atoms with Gasteiger partial charge in [0.1, 0.15) is 0 Å². The molecule has 1 nitrogen and oxygen atoms in total. The molecule has 3 heteroatoms. The fourth-order valence-electron chi connectivity index (χ4n) is 1.30. The predicted octanol–water partition coefficient (Wildman–Crippen LogP) is 3.68. The van der Waals surface area contributed by atoms with E-state index in [0.29, 0.717) is 11.2 Å². The Hall–Kier alpha value is -0.180. The topological polar surface area (TPSA) is 12.0 Å². The number of rotatable bonds is 5. The van der Waals surface area contributed by atoms with Gasteiger partial charge in [-0.05, 0) is 37.2 Å². The fourth-order valence-corrected chi connectivity index (χ4v) is 2.59. The lowest BCUT2D eigenvalue weighted by molar-refractivity contribution is 0.579. The normalized spacial score (nSPS) is 13.1. The number of benzene rings is 1. The van der Waals surface area contributed by atoms with Gasteiger partial charge in [-0.25, -0.2) is 0 Å². The second-order valence-corrected chi connectivity index (χ2v) is 5.66. The van der Waals surface area contributed by atoms with Crippen LogP contribution in [0.5, 0.6) is 0 Å². The standard InChI is InChI=1S/C12H18ClNS/c1-9(2)12(8-14-3)15-11-6-4-10(13)5-7-11/h4-7,9,12,14H,8H2,1-3H3. The Balaban J connectivity index is 2.61. The third-order valence-electron chi connectivity index (χ3n) is 2.25. The fraction of sp³-hybridized carbons (Fsp3) is 0.500. The molecule has 1 rings (SSSR count). The Morgan fingerprint density at radius 3 is 2.33 bits per heavy atom. The summed E-state index contributed by atoms with van der Waals surface area (Å²) in [5, 5.41) is 4.64. The molecule has 1 unspecified atom stereocenters. The van der Waals surface area contributed by atoms with E-state index in [1.807, 2.05) is 30.9 Å². The summed E-state index contributed by atoms with van der Waals surface area (Å²) >= 11 is 7.76. The zero-order valence-electron chi connectivity index (χ0n) is 9.46. The van der Waals surface area contributed by atoms with Crippen molar-refractivity contribution < 1.29 is 0 Å². The number of thioether (sulfide) groups is 1. The lowest BCUT2D eigenvalue weighted by Crippen LogP contribution is -2.25. The summed E-state index contributed by atoms with van der Waals surface area (Å²) in [4.78, 5) is 1.29. The molecule has 1 atom stereocenters. The molecule has 1 aromatic rings. The summed E-state index contributed by atoms with van der Waals surface area (Å²) < 4.78 is 0. The molecular formula is C12H18ClNS. The van der Waals surface area contributed by atoms with Gasteiger partial charge in [-0.1, -0.05) is 25.4 Å². The molecule has 1 aromatic carbocycles. The van der Waals surface area contributed by atoms with Crippen LogP contribution in [0.2, 0.25) is 5.02 Å². The van der Waals surface area contributed by atoms with Crippen LogP contribution in [0.15, 0.2) is 29.2 Å². The Labute approximate surface area is 102 Å². The van der Waals surface area contributed by atoms with Crippen LogP contribution in [0.3, 0.4) is 0 Å². The summed E-state index contributed by atoms with van der Waals surface area (Å²) in [6.07, 6.45) is 0. The molecule has 0 radical (unpaired) electrons. The molecule has 1 N–H and O–H groups in total. The van der Waals surface area contributed by atoms with Crippen molar-refractivity contribution in [2.75, 3.05) is 13.6 Å². The van der Waals surface area contributed by atoms with Crippen molar-refractivity contribution in [2.24, 2.45) is 5.92 Å². The van der Waals surface area contributed by atoms with Crippen molar-refractivity contribution in [3.05, 3.63) is 29.3 Å². The summed E-state index contributed by atoms with van der Waals surface area (Å²) in [6, 6.07) is 8.05. The largest absolute Gasteiger partial charge is 0.319 e. The van der Waals surface area contributed by atoms with Gasteiger partial charge in [0.2, 0.25) is 0 Å². The highest BCUT2D eigenvalue weighted by Gasteiger charge is 2.13. The van der Waals surface area contributed by atoms with Crippen LogP contribution in [0, 0.1) is 5.92 Å². The Kier molecular flexibility index (Phi) is 5.51. The second-order valence-electron chi connectivity index (χ2n) is 3.91. The molecule has 15 heavy (non-hydrogen) atoms. The van der Waals surface area contributed by atoms with Gasteiger partial charge in [0.15, 0.2) is 0 Å². The molecule has 0 amide bonds. The van der Waals surface area contributed by atoms with Crippen LogP contribution in [0.1, 0.15) is 13.8 Å². The summed E-state index contributed by atoms with van der Waals surface area (Å²) in [6.45, 7) is 5.54. The Morgan fingerprint density at radius 2 is 1.87 bits per heavy atom. The monoisotopic (exact) mass is 243 g/mol. The first-order chi connectivity index (χ1) is 7.13. The van der Waals surface area contributed by atoms with Crippen molar-refractivity contribution in [3.8, 4) is 0 Å². The van der Waals surface area contributed by atoms with Gasteiger partial charge >= 0.3 is 0 Å². The highest BCUT2D eigenvalue weighted by atomic mass is 35.5. The molecule has 0 saturated carbocycles. The minimum absolute atomic E-state index is 0.608. The molecule has 0 aromatic heterocycles. The van der Waals surface area contributed by atoms with Crippen molar-refractivity contribution in [1.82, 2.24) is 5.32 Å². The molecule has 0 spiro atoms. The van der Waals surface area contributed by atoms with Crippen LogP contribution >= 0.6 is 23.4 Å². The van der Waals surface area contributed by atoms with Gasteiger partial charge in [-0.2, -0.15) is 0 Å². The van der Waals surface area contributed by atoms with Crippen molar-refractivity contribution in [2.45, 2.75) is 24.0 Å². The van der Waals surface area contributed by atoms with E-state index in [9.17, 15) is 0 Å². The molecule has 0 saturated heterocycles. The zero-order chi connectivity index (χ0) is 11.3. The number of halogens is 1. The van der Waals surface area contributed by atoms with E-state index >= 15 is 0 Å². The Morgan fingerprint density at radius 1 is 1.27 bits per heavy atom. The lowest BCUT2D eigenvalue weighted by Gasteiger charge is -2.19. The van der Waals surface area contributed by atoms with Crippen molar-refractivity contribution in [1.29, 1.82) is 0 Å². The van der Waals surface area contributed by atoms with Gasteiger partial charge in [-0.3, -0.25) is 0 Å². The van der Waals surface area contributed by atoms with E-state index in [1.165, 1.54) is 4.90 Å². The van der Waals surface area contributed by atoms with Crippen molar-refractivity contribution >= 4 is 23.4 Å². The lowest BCUT2D eigenvalue weighted by atomic mass is 10.1. The number of hydrogen-bond donors (Lipinski definition) is 1. The summed E-state index contributed by atoms with van der Waals surface area (Å²) in [5.41, 5.74) is 0. The van der Waals surface area contributed by atoms with Gasteiger partial charge < -0.3 is 5.32 Å². The molecule has 0 fully saturated rings. The van der Waals surface area contributed by atoms with Crippen molar-refractivity contribution in [3.63, 3.8) is 0 Å². The van der Waals surface area contributed by atoms with E-state index in [2.05, 4.69) is 31.3 Å². The van der Waals surface area contributed by atoms with Crippen LogP contribution in [0.25, 0.3) is 0 Å². The molecule has 0 aliphatic rings. The van der Waals surface area contributed by atoms with E-state index < -0.39 is 0 Å². The molecule has 84 valence electrons. The molecular weight excluding hydrogens is 226 g/mol. The minimum atomic E-state index is 0.608. The minimum Gasteiger partial charge on any atom is -0.319 e. The number of hydrogen-bond acceptors (Lipinski definition) is 2. The average Bonchev–Trinajstić information content (AvgIpc) is 2.20. The van der Waals surface area contributed by atoms with Crippen LogP contribution < -0.4 is 5.32 Å². The molecule has 0 aliphatic heterocycles. The summed E-state index contributed by atoms with van der Waals surface area (Å²) in [7, 11) is 2.00. The average molecular weight is 244 g/mol. The van der Waals surface area contributed by atoms with E-state index in [-0.39, 0.29) is 0 Å². The zero-order valence-corrected chi connectivity index (χ0v) is 11.0. The number of nitrogens with one attached hydrogen (secondary N) is 1. The highest BCUT2D eigenvalue weighted by Crippen LogP contribution is 2.28. The third-order valence-corrected chi connectivity index (χ3v) is 4.06. The first-order valence-corrected chi connectivity index (χ1v) is 6.46. The quantitative estimate of drug-likeness (QED) is 0.792. The van der Waals surface area contributed by atoms with Crippen LogP contribution in [-0.2, 0) is 0 Å². The van der Waals surface area contributed by atoms with E-state index in [4.69, 9.17) is 11.6 Å². The smallest absolute Gasteiger partial charge is 0.0406 e.